The van der Waals surface area contributed by atoms with Gasteiger partial charge in [0.1, 0.15) is 0 Å². The highest BCUT2D eigenvalue weighted by molar-refractivity contribution is 7.54. The molecule has 0 aromatic heterocycles. The molecule has 0 fully saturated rings. The van der Waals surface area contributed by atoms with Crippen LogP contribution < -0.4 is 0 Å². The molecular weight excluding hydrogens is 175 g/mol. The molecule has 0 unspecified atom stereocenters. The standard InChI is InChI=1S/C8H19O3P/c1-5-8(4)12(9,10-6-2)11-7-3/h8H,5-7H2,1-4H3/t8-/m0/s1. The summed E-state index contributed by atoms with van der Waals surface area (Å²) in [6.45, 7) is 8.42. The summed E-state index contributed by atoms with van der Waals surface area (Å²) in [5.41, 5.74) is -0.00241. The molecule has 0 radical (unpaired) electrons. The van der Waals surface area contributed by atoms with E-state index in [0.29, 0.717) is 13.2 Å². The fourth-order valence-electron chi connectivity index (χ4n) is 0.875. The van der Waals surface area contributed by atoms with Crippen LogP contribution in [0.4, 0.5) is 0 Å². The van der Waals surface area contributed by atoms with Crippen molar-refractivity contribution in [3.63, 3.8) is 0 Å². The van der Waals surface area contributed by atoms with Gasteiger partial charge in [0.15, 0.2) is 0 Å². The Morgan fingerprint density at radius 3 is 1.83 bits per heavy atom. The molecule has 0 aliphatic carbocycles. The first-order valence-corrected chi connectivity index (χ1v) is 6.10. The van der Waals surface area contributed by atoms with E-state index in [1.807, 2.05) is 27.7 Å². The smallest absolute Gasteiger partial charge is 0.309 e. The van der Waals surface area contributed by atoms with Gasteiger partial charge < -0.3 is 9.05 Å². The van der Waals surface area contributed by atoms with Crippen molar-refractivity contribution in [3.8, 4) is 0 Å². The van der Waals surface area contributed by atoms with E-state index in [9.17, 15) is 4.57 Å². The second kappa shape index (κ2) is 5.74. The van der Waals surface area contributed by atoms with Crippen LogP contribution in [-0.2, 0) is 13.6 Å². The SMILES string of the molecule is CCOP(=O)(OCC)[C@@H](C)CC. The lowest BCUT2D eigenvalue weighted by Gasteiger charge is -2.21. The van der Waals surface area contributed by atoms with Gasteiger partial charge in [-0.1, -0.05) is 13.8 Å². The third kappa shape index (κ3) is 3.26. The zero-order chi connectivity index (χ0) is 9.61. The Morgan fingerprint density at radius 2 is 1.58 bits per heavy atom. The maximum Gasteiger partial charge on any atom is 0.333 e. The van der Waals surface area contributed by atoms with E-state index in [2.05, 4.69) is 0 Å². The quantitative estimate of drug-likeness (QED) is 0.609. The topological polar surface area (TPSA) is 35.5 Å². The van der Waals surface area contributed by atoms with Crippen molar-refractivity contribution < 1.29 is 13.6 Å². The van der Waals surface area contributed by atoms with Crippen molar-refractivity contribution >= 4 is 7.60 Å². The molecule has 0 saturated heterocycles. The Labute approximate surface area is 75.0 Å². The minimum Gasteiger partial charge on any atom is -0.309 e. The molecule has 0 aliphatic heterocycles. The second-order valence-electron chi connectivity index (χ2n) is 2.63. The van der Waals surface area contributed by atoms with Gasteiger partial charge in [0.25, 0.3) is 0 Å². The van der Waals surface area contributed by atoms with Crippen LogP contribution in [0.3, 0.4) is 0 Å². The van der Waals surface area contributed by atoms with Crippen molar-refractivity contribution in [1.82, 2.24) is 0 Å². The van der Waals surface area contributed by atoms with Crippen molar-refractivity contribution in [2.45, 2.75) is 39.8 Å². The van der Waals surface area contributed by atoms with Gasteiger partial charge >= 0.3 is 7.60 Å². The minimum absolute atomic E-state index is 0.00241. The Bertz CT molecular complexity index is 148. The molecule has 0 rings (SSSR count). The molecule has 1 atom stereocenters. The molecule has 4 heteroatoms. The summed E-state index contributed by atoms with van der Waals surface area (Å²) in [7, 11) is -2.81. The molecule has 0 aromatic rings. The molecule has 0 spiro atoms. The van der Waals surface area contributed by atoms with E-state index >= 15 is 0 Å². The van der Waals surface area contributed by atoms with Crippen molar-refractivity contribution in [2.75, 3.05) is 13.2 Å². The van der Waals surface area contributed by atoms with Gasteiger partial charge in [0, 0.05) is 0 Å². The number of hydrogen-bond donors (Lipinski definition) is 0. The normalized spacial score (nSPS) is 14.7. The molecule has 0 aromatic carbocycles. The van der Waals surface area contributed by atoms with Gasteiger partial charge in [-0.05, 0) is 20.3 Å². The zero-order valence-corrected chi connectivity index (χ0v) is 9.27. The molecule has 74 valence electrons. The molecule has 0 amide bonds. The summed E-state index contributed by atoms with van der Waals surface area (Å²) < 4.78 is 22.2. The van der Waals surface area contributed by atoms with Gasteiger partial charge in [0.05, 0.1) is 18.9 Å². The molecule has 0 N–H and O–H groups in total. The van der Waals surface area contributed by atoms with Crippen LogP contribution in [0.2, 0.25) is 0 Å². The fraction of sp³-hybridized carbons (Fsp3) is 1.00. The Balaban J connectivity index is 4.27. The van der Waals surface area contributed by atoms with Gasteiger partial charge in [0.2, 0.25) is 0 Å². The average molecular weight is 194 g/mol. The minimum atomic E-state index is -2.81. The molecule has 0 bridgehead atoms. The van der Waals surface area contributed by atoms with E-state index in [1.54, 1.807) is 0 Å². The van der Waals surface area contributed by atoms with Crippen LogP contribution in [0.1, 0.15) is 34.1 Å². The van der Waals surface area contributed by atoms with Gasteiger partial charge in [-0.3, -0.25) is 4.57 Å². The van der Waals surface area contributed by atoms with Crippen LogP contribution in [0.5, 0.6) is 0 Å². The summed E-state index contributed by atoms with van der Waals surface area (Å²) in [5, 5.41) is 0. The van der Waals surface area contributed by atoms with Crippen molar-refractivity contribution in [2.24, 2.45) is 0 Å². The fourth-order valence-corrected chi connectivity index (χ4v) is 2.63. The monoisotopic (exact) mass is 194 g/mol. The first kappa shape index (κ1) is 12.2. The predicted molar refractivity (Wildman–Crippen MR) is 50.6 cm³/mol. The predicted octanol–water partition coefficient (Wildman–Crippen LogP) is 3.05. The van der Waals surface area contributed by atoms with Gasteiger partial charge in [-0.15, -0.1) is 0 Å². The largest absolute Gasteiger partial charge is 0.333 e. The molecule has 0 heterocycles. The van der Waals surface area contributed by atoms with Crippen LogP contribution in [0, 0.1) is 0 Å². The summed E-state index contributed by atoms with van der Waals surface area (Å²) in [5.74, 6) is 0. The molecule has 3 nitrogen and oxygen atoms in total. The first-order valence-electron chi connectivity index (χ1n) is 4.49. The molecule has 0 saturated carbocycles. The first-order chi connectivity index (χ1) is 5.60. The third-order valence-corrected chi connectivity index (χ3v) is 4.43. The summed E-state index contributed by atoms with van der Waals surface area (Å²) in [6, 6.07) is 0. The lowest BCUT2D eigenvalue weighted by Crippen LogP contribution is -2.08. The summed E-state index contributed by atoms with van der Waals surface area (Å²) in [4.78, 5) is 0. The Kier molecular flexibility index (Phi) is 5.81. The second-order valence-corrected chi connectivity index (χ2v) is 5.11. The Morgan fingerprint density at radius 1 is 1.17 bits per heavy atom. The van der Waals surface area contributed by atoms with E-state index in [-0.39, 0.29) is 5.66 Å². The average Bonchev–Trinajstić information content (AvgIpc) is 2.04. The molecule has 12 heavy (non-hydrogen) atoms. The van der Waals surface area contributed by atoms with Gasteiger partial charge in [-0.2, -0.15) is 0 Å². The zero-order valence-electron chi connectivity index (χ0n) is 8.37. The third-order valence-electron chi connectivity index (χ3n) is 1.75. The van der Waals surface area contributed by atoms with Crippen LogP contribution in [0.15, 0.2) is 0 Å². The highest BCUT2D eigenvalue weighted by atomic mass is 31.2. The Hall–Kier alpha value is 0.150. The van der Waals surface area contributed by atoms with Crippen molar-refractivity contribution in [3.05, 3.63) is 0 Å². The summed E-state index contributed by atoms with van der Waals surface area (Å²) >= 11 is 0. The molecule has 0 aliphatic rings. The van der Waals surface area contributed by atoms with Gasteiger partial charge in [-0.25, -0.2) is 0 Å². The lowest BCUT2D eigenvalue weighted by atomic mass is 10.4. The highest BCUT2D eigenvalue weighted by Crippen LogP contribution is 2.53. The van der Waals surface area contributed by atoms with Crippen LogP contribution in [-0.4, -0.2) is 18.9 Å². The van der Waals surface area contributed by atoms with E-state index < -0.39 is 7.60 Å². The van der Waals surface area contributed by atoms with Crippen LogP contribution in [0.25, 0.3) is 0 Å². The van der Waals surface area contributed by atoms with Crippen LogP contribution >= 0.6 is 7.60 Å². The number of hydrogen-bond acceptors (Lipinski definition) is 3. The lowest BCUT2D eigenvalue weighted by molar-refractivity contribution is 0.212. The maximum absolute atomic E-state index is 11.9. The highest BCUT2D eigenvalue weighted by Gasteiger charge is 2.29. The van der Waals surface area contributed by atoms with Crippen molar-refractivity contribution in [1.29, 1.82) is 0 Å². The maximum atomic E-state index is 11.9. The summed E-state index contributed by atoms with van der Waals surface area (Å²) in [6.07, 6.45) is 0.817. The van der Waals surface area contributed by atoms with E-state index in [0.717, 1.165) is 6.42 Å². The number of rotatable bonds is 6. The molecular formula is C8H19O3P. The van der Waals surface area contributed by atoms with E-state index in [1.165, 1.54) is 0 Å². The van der Waals surface area contributed by atoms with E-state index in [4.69, 9.17) is 9.05 Å².